The van der Waals surface area contributed by atoms with Crippen molar-refractivity contribution in [1.29, 1.82) is 0 Å². The fourth-order valence-corrected chi connectivity index (χ4v) is 7.31. The Labute approximate surface area is 299 Å². The van der Waals surface area contributed by atoms with Gasteiger partial charge < -0.3 is 35.0 Å². The van der Waals surface area contributed by atoms with Gasteiger partial charge in [-0.15, -0.1) is 0 Å². The average molecular weight is 705 g/mol. The Hall–Kier alpha value is -3.13. The van der Waals surface area contributed by atoms with Gasteiger partial charge in [-0.1, -0.05) is 47.1 Å². The van der Waals surface area contributed by atoms with Crippen LogP contribution >= 0.6 is 0 Å². The Kier molecular flexibility index (Phi) is 17.8. The number of nitrogens with one attached hydrogen (secondary N) is 2. The van der Waals surface area contributed by atoms with Gasteiger partial charge in [0.2, 0.25) is 23.6 Å². The van der Waals surface area contributed by atoms with Gasteiger partial charge in [0.15, 0.2) is 0 Å². The highest BCUT2D eigenvalue weighted by Gasteiger charge is 2.43. The molecule has 2 heterocycles. The highest BCUT2D eigenvalue weighted by molar-refractivity contribution is 5.90. The van der Waals surface area contributed by atoms with E-state index in [0.717, 1.165) is 12.1 Å². The van der Waals surface area contributed by atoms with Gasteiger partial charge in [-0.25, -0.2) is 0 Å². The maximum Gasteiger partial charge on any atom is 0.247 e. The molecule has 13 heteroatoms. The van der Waals surface area contributed by atoms with E-state index in [9.17, 15) is 24.3 Å². The van der Waals surface area contributed by atoms with E-state index >= 15 is 0 Å². The molecule has 0 radical (unpaired) electrons. The van der Waals surface area contributed by atoms with Crippen molar-refractivity contribution in [2.45, 2.75) is 116 Å². The zero-order chi connectivity index (χ0) is 37.7. The van der Waals surface area contributed by atoms with E-state index in [1.165, 1.54) is 18.9 Å². The molecule has 0 aromatic carbocycles. The zero-order valence-electron chi connectivity index (χ0n) is 32.2. The highest BCUT2D eigenvalue weighted by atomic mass is 16.5. The van der Waals surface area contributed by atoms with Crippen LogP contribution in [0, 0.1) is 17.8 Å². The van der Waals surface area contributed by atoms with Gasteiger partial charge in [0.25, 0.3) is 0 Å². The number of amides is 4. The van der Waals surface area contributed by atoms with Crippen LogP contribution in [0.15, 0.2) is 24.4 Å². The van der Waals surface area contributed by atoms with Gasteiger partial charge in [-0.05, 0) is 57.8 Å². The minimum Gasteiger partial charge on any atom is -0.391 e. The van der Waals surface area contributed by atoms with Crippen LogP contribution in [0.25, 0.3) is 0 Å². The number of hydrogen-bond acceptors (Lipinski definition) is 9. The van der Waals surface area contributed by atoms with E-state index in [4.69, 9.17) is 9.47 Å². The van der Waals surface area contributed by atoms with E-state index in [0.29, 0.717) is 32.4 Å². The third-order valence-corrected chi connectivity index (χ3v) is 10.2. The number of aliphatic hydroxyl groups is 1. The molecule has 0 bridgehead atoms. The van der Waals surface area contributed by atoms with E-state index in [-0.39, 0.29) is 42.0 Å². The number of ether oxygens (including phenoxy) is 2. The number of likely N-dealkylation sites (tertiary alicyclic amines) is 1. The Morgan fingerprint density at radius 2 is 1.72 bits per heavy atom. The van der Waals surface area contributed by atoms with Crippen LogP contribution in [0.1, 0.15) is 72.9 Å². The Morgan fingerprint density at radius 1 is 1.04 bits per heavy atom. The second-order valence-corrected chi connectivity index (χ2v) is 14.3. The molecule has 1 saturated heterocycles. The van der Waals surface area contributed by atoms with Crippen molar-refractivity contribution in [3.05, 3.63) is 30.1 Å². The predicted octanol–water partition coefficient (Wildman–Crippen LogP) is 2.11. The quantitative estimate of drug-likeness (QED) is 0.185. The molecule has 1 aliphatic heterocycles. The normalized spacial score (nSPS) is 19.6. The molecule has 13 nitrogen and oxygen atoms in total. The Balaban J connectivity index is 2.21. The maximum atomic E-state index is 14.0. The lowest BCUT2D eigenvalue weighted by molar-refractivity contribution is -0.149. The number of hydrogen-bond donors (Lipinski definition) is 3. The number of rotatable bonds is 20. The van der Waals surface area contributed by atoms with E-state index < -0.39 is 48.3 Å². The summed E-state index contributed by atoms with van der Waals surface area (Å²) in [4.78, 5) is 63.9. The largest absolute Gasteiger partial charge is 0.391 e. The van der Waals surface area contributed by atoms with Crippen molar-refractivity contribution in [3.8, 4) is 0 Å². The molecule has 2 rings (SSSR count). The molecule has 0 saturated carbocycles. The van der Waals surface area contributed by atoms with Gasteiger partial charge in [0.1, 0.15) is 6.04 Å². The number of methoxy groups -OCH3 is 2. The van der Waals surface area contributed by atoms with Crippen LogP contribution in [-0.4, -0.2) is 139 Å². The van der Waals surface area contributed by atoms with Gasteiger partial charge >= 0.3 is 0 Å². The van der Waals surface area contributed by atoms with Crippen molar-refractivity contribution < 1.29 is 33.8 Å². The standard InChI is InChI=1S/C37H64N6O7/c1-12-24(4)33(42(9)37(48)31(26(6)44)40-36(47)32(23(2)3)41(7)8)29(49-10)22-30(45)43-21-15-17-28(43)34(50-11)25(5)35(46)39-20-18-27-16-13-14-19-38-27/h13-14,16,19,23-26,28-29,31-34,44H,12,15,17-18,20-22H2,1-11H3,(H,39,46)(H,40,47)/t24-,25+,26+,28?,29+,31-,32?,33-,34+/m0/s1. The molecular weight excluding hydrogens is 640 g/mol. The maximum absolute atomic E-state index is 14.0. The molecule has 284 valence electrons. The summed E-state index contributed by atoms with van der Waals surface area (Å²) < 4.78 is 11.8. The monoisotopic (exact) mass is 704 g/mol. The molecular formula is C37H64N6O7. The predicted molar refractivity (Wildman–Crippen MR) is 193 cm³/mol. The van der Waals surface area contributed by atoms with Crippen LogP contribution in [0.3, 0.4) is 0 Å². The molecule has 1 aliphatic rings. The van der Waals surface area contributed by atoms with E-state index in [1.54, 1.807) is 44.2 Å². The van der Waals surface area contributed by atoms with Crippen molar-refractivity contribution in [2.24, 2.45) is 17.8 Å². The first-order chi connectivity index (χ1) is 23.6. The molecule has 0 aliphatic carbocycles. The van der Waals surface area contributed by atoms with Gasteiger partial charge in [-0.3, -0.25) is 29.1 Å². The smallest absolute Gasteiger partial charge is 0.247 e. The van der Waals surface area contributed by atoms with Crippen LogP contribution in [0.2, 0.25) is 0 Å². The SMILES string of the molecule is CC[C@H](C)[C@@H]([C@@H](CC(=O)N1CCCC1[C@H](OC)[C@@H](C)C(=O)NCCc1ccccn1)OC)N(C)C(=O)[C@@H](NC(=O)C(C(C)C)N(C)C)[C@@H](C)O. The third-order valence-electron chi connectivity index (χ3n) is 10.2. The minimum atomic E-state index is -1.18. The average Bonchev–Trinajstić information content (AvgIpc) is 3.56. The van der Waals surface area contributed by atoms with Crippen LogP contribution < -0.4 is 10.6 Å². The van der Waals surface area contributed by atoms with Crippen molar-refractivity contribution in [3.63, 3.8) is 0 Å². The Bertz CT molecular complexity index is 1210. The summed E-state index contributed by atoms with van der Waals surface area (Å²) in [6.45, 7) is 12.1. The fourth-order valence-electron chi connectivity index (χ4n) is 7.31. The van der Waals surface area contributed by atoms with Crippen molar-refractivity contribution >= 4 is 23.6 Å². The number of carbonyl (C=O) groups excluding carboxylic acids is 4. The van der Waals surface area contributed by atoms with Crippen LogP contribution in [-0.2, 0) is 35.1 Å². The molecule has 0 spiro atoms. The first kappa shape index (κ1) is 43.0. The highest BCUT2D eigenvalue weighted by Crippen LogP contribution is 2.29. The minimum absolute atomic E-state index is 0.00245. The number of likely N-dealkylation sites (N-methyl/N-ethyl adjacent to an activating group) is 2. The summed E-state index contributed by atoms with van der Waals surface area (Å²) in [7, 11) is 8.33. The lowest BCUT2D eigenvalue weighted by Crippen LogP contribution is -2.61. The summed E-state index contributed by atoms with van der Waals surface area (Å²) >= 11 is 0. The molecule has 1 aromatic heterocycles. The number of aliphatic hydroxyl groups excluding tert-OH is 1. The number of nitrogens with zero attached hydrogens (tertiary/aromatic N) is 4. The number of pyridine rings is 1. The summed E-state index contributed by atoms with van der Waals surface area (Å²) in [5.41, 5.74) is 0.891. The second kappa shape index (κ2) is 20.7. The second-order valence-electron chi connectivity index (χ2n) is 14.3. The molecule has 1 fully saturated rings. The molecule has 50 heavy (non-hydrogen) atoms. The topological polar surface area (TPSA) is 154 Å². The molecule has 3 N–H and O–H groups in total. The molecule has 4 amide bonds. The van der Waals surface area contributed by atoms with Crippen molar-refractivity contribution in [2.75, 3.05) is 48.5 Å². The third kappa shape index (κ3) is 11.4. The lowest BCUT2D eigenvalue weighted by Gasteiger charge is -2.41. The van der Waals surface area contributed by atoms with Crippen LogP contribution in [0.5, 0.6) is 0 Å². The summed E-state index contributed by atoms with van der Waals surface area (Å²) in [6, 6.07) is 3.17. The first-order valence-electron chi connectivity index (χ1n) is 18.0. The first-order valence-corrected chi connectivity index (χ1v) is 18.0. The van der Waals surface area contributed by atoms with Crippen molar-refractivity contribution in [1.82, 2.24) is 30.3 Å². The summed E-state index contributed by atoms with van der Waals surface area (Å²) in [6.07, 6.45) is 2.16. The summed E-state index contributed by atoms with van der Waals surface area (Å²) in [5.74, 6) is -1.71. The number of carbonyl (C=O) groups is 4. The fraction of sp³-hybridized carbons (Fsp3) is 0.757. The molecule has 2 unspecified atom stereocenters. The van der Waals surface area contributed by atoms with Crippen LogP contribution in [0.4, 0.5) is 0 Å². The number of aromatic nitrogens is 1. The van der Waals surface area contributed by atoms with Gasteiger partial charge in [-0.2, -0.15) is 0 Å². The molecule has 9 atom stereocenters. The van der Waals surface area contributed by atoms with E-state index in [2.05, 4.69) is 15.6 Å². The molecule has 1 aromatic rings. The summed E-state index contributed by atoms with van der Waals surface area (Å²) in [5, 5.41) is 16.5. The van der Waals surface area contributed by atoms with Gasteiger partial charge in [0, 0.05) is 52.7 Å². The van der Waals surface area contributed by atoms with E-state index in [1.807, 2.05) is 52.8 Å². The lowest BCUT2D eigenvalue weighted by atomic mass is 9.89. The Morgan fingerprint density at radius 3 is 2.24 bits per heavy atom. The zero-order valence-corrected chi connectivity index (χ0v) is 32.2. The van der Waals surface area contributed by atoms with Gasteiger partial charge in [0.05, 0.1) is 48.8 Å².